The van der Waals surface area contributed by atoms with E-state index in [1.54, 1.807) is 0 Å². The van der Waals surface area contributed by atoms with E-state index in [0.29, 0.717) is 5.41 Å². The second kappa shape index (κ2) is 22.9. The van der Waals surface area contributed by atoms with Crippen LogP contribution in [0.15, 0.2) is 110 Å². The number of hydrogen-bond acceptors (Lipinski definition) is 1. The fourth-order valence-corrected chi connectivity index (χ4v) is 6.74. The second-order valence-electron chi connectivity index (χ2n) is 17.9. The number of unbranched alkanes of at least 4 members (excludes halogenated alkanes) is 1. The first kappa shape index (κ1) is 49.5. The predicted octanol–water partition coefficient (Wildman–Crippen LogP) is 16.7. The fourth-order valence-electron chi connectivity index (χ4n) is 6.36. The lowest BCUT2D eigenvalue weighted by atomic mass is 9.66. The molecule has 0 radical (unpaired) electrons. The van der Waals surface area contributed by atoms with Crippen LogP contribution < -0.4 is 0 Å². The highest BCUT2D eigenvalue weighted by atomic mass is 32.1. The summed E-state index contributed by atoms with van der Waals surface area (Å²) in [5.74, 6) is 0.799. The molecule has 0 heterocycles. The number of hydrogen-bond donors (Lipinski definition) is 0. The number of rotatable bonds is 11. The minimum absolute atomic E-state index is 0.0584. The molecule has 300 valence electrons. The Hall–Kier alpha value is -3.55. The van der Waals surface area contributed by atoms with Gasteiger partial charge in [0.1, 0.15) is 0 Å². The zero-order valence-electron chi connectivity index (χ0n) is 38.1. The van der Waals surface area contributed by atoms with Crippen molar-refractivity contribution in [1.29, 1.82) is 0 Å². The molecule has 0 fully saturated rings. The minimum Gasteiger partial charge on any atom is -0.100 e. The molecule has 0 saturated heterocycles. The zero-order chi connectivity index (χ0) is 42.1. The van der Waals surface area contributed by atoms with Gasteiger partial charge in [0, 0.05) is 10.3 Å². The first-order chi connectivity index (χ1) is 25.6. The van der Waals surface area contributed by atoms with Crippen molar-refractivity contribution in [2.45, 2.75) is 154 Å². The second-order valence-corrected chi connectivity index (χ2v) is 18.4. The maximum Gasteiger partial charge on any atom is 0.0291 e. The number of aryl methyl sites for hydroxylation is 3. The Morgan fingerprint density at radius 1 is 0.691 bits per heavy atom. The van der Waals surface area contributed by atoms with Gasteiger partial charge in [0.2, 0.25) is 0 Å². The van der Waals surface area contributed by atoms with E-state index in [-0.39, 0.29) is 10.8 Å². The van der Waals surface area contributed by atoms with Gasteiger partial charge in [-0.1, -0.05) is 209 Å². The molecule has 0 amide bonds. The highest BCUT2D eigenvalue weighted by Gasteiger charge is 2.37. The van der Waals surface area contributed by atoms with Gasteiger partial charge in [-0.05, 0) is 122 Å². The SMILES string of the molecule is C=C(C)CCCC.C=C(C)c1ccc(C(CC(=S)c2ccc(C)c(C(C)(C)C)c2)(Cc2ccccc2)c2cc(C)cc(C)c2)cc1.CC.CC(C)C(C)(C)C. The van der Waals surface area contributed by atoms with E-state index >= 15 is 0 Å². The van der Waals surface area contributed by atoms with E-state index in [0.717, 1.165) is 34.8 Å². The molecule has 0 N–H and O–H groups in total. The average Bonchev–Trinajstić information content (AvgIpc) is 3.11. The third-order valence-corrected chi connectivity index (χ3v) is 11.0. The highest BCUT2D eigenvalue weighted by Crippen LogP contribution is 2.42. The van der Waals surface area contributed by atoms with E-state index < -0.39 is 0 Å². The third-order valence-electron chi connectivity index (χ3n) is 10.6. The average molecular weight is 759 g/mol. The number of allylic oxidation sites excluding steroid dienone is 2. The predicted molar refractivity (Wildman–Crippen MR) is 254 cm³/mol. The lowest BCUT2D eigenvalue weighted by Gasteiger charge is -2.37. The molecule has 1 atom stereocenters. The van der Waals surface area contributed by atoms with Gasteiger partial charge in [0.25, 0.3) is 0 Å². The van der Waals surface area contributed by atoms with Crippen molar-refractivity contribution in [3.8, 4) is 0 Å². The molecule has 0 aliphatic rings. The van der Waals surface area contributed by atoms with Gasteiger partial charge in [-0.25, -0.2) is 0 Å². The maximum atomic E-state index is 6.33. The number of thiocarbonyl (C=S) groups is 1. The lowest BCUT2D eigenvalue weighted by Crippen LogP contribution is -2.34. The largest absolute Gasteiger partial charge is 0.100 e. The summed E-state index contributed by atoms with van der Waals surface area (Å²) >= 11 is 6.33. The van der Waals surface area contributed by atoms with Crippen LogP contribution in [0.25, 0.3) is 5.57 Å². The van der Waals surface area contributed by atoms with Crippen molar-refractivity contribution in [3.63, 3.8) is 0 Å². The van der Waals surface area contributed by atoms with Crippen molar-refractivity contribution in [2.75, 3.05) is 0 Å². The Balaban J connectivity index is 0.000000796. The lowest BCUT2D eigenvalue weighted by molar-refractivity contribution is 0.283. The third kappa shape index (κ3) is 16.2. The van der Waals surface area contributed by atoms with E-state index in [1.165, 1.54) is 69.3 Å². The topological polar surface area (TPSA) is 0 Å². The molecule has 0 nitrogen and oxygen atoms in total. The van der Waals surface area contributed by atoms with Gasteiger partial charge in [0.05, 0.1) is 0 Å². The normalized spacial score (nSPS) is 12.2. The van der Waals surface area contributed by atoms with Crippen LogP contribution in [0.3, 0.4) is 0 Å². The van der Waals surface area contributed by atoms with Crippen LogP contribution in [0, 0.1) is 32.1 Å². The molecule has 1 unspecified atom stereocenters. The smallest absolute Gasteiger partial charge is 0.0291 e. The molecule has 0 aromatic heterocycles. The molecule has 55 heavy (non-hydrogen) atoms. The van der Waals surface area contributed by atoms with E-state index in [1.807, 2.05) is 13.8 Å². The Labute approximate surface area is 346 Å². The van der Waals surface area contributed by atoms with Crippen molar-refractivity contribution >= 4 is 22.7 Å². The monoisotopic (exact) mass is 759 g/mol. The van der Waals surface area contributed by atoms with Crippen molar-refractivity contribution in [3.05, 3.63) is 160 Å². The fraction of sp³-hybridized carbons (Fsp3) is 0.463. The van der Waals surface area contributed by atoms with Crippen LogP contribution in [0.1, 0.15) is 166 Å². The van der Waals surface area contributed by atoms with E-state index in [4.69, 9.17) is 12.2 Å². The molecule has 1 heteroatoms. The summed E-state index contributed by atoms with van der Waals surface area (Å²) in [6, 6.07) is 33.6. The molecule has 4 rings (SSSR count). The van der Waals surface area contributed by atoms with Crippen LogP contribution >= 0.6 is 12.2 Å². The summed E-state index contributed by atoms with van der Waals surface area (Å²) in [5, 5.41) is 0. The quantitative estimate of drug-likeness (QED) is 0.0834. The van der Waals surface area contributed by atoms with Crippen LogP contribution in [-0.4, -0.2) is 4.86 Å². The summed E-state index contributed by atoms with van der Waals surface area (Å²) < 4.78 is 0. The summed E-state index contributed by atoms with van der Waals surface area (Å²) in [4.78, 5) is 1.000. The molecular formula is C54H78S. The van der Waals surface area contributed by atoms with Gasteiger partial charge in [0.15, 0.2) is 0 Å². The molecule has 0 aliphatic heterocycles. The molecule has 0 spiro atoms. The molecule has 0 saturated carbocycles. The summed E-state index contributed by atoms with van der Waals surface area (Å²) in [6.07, 6.45) is 5.40. The van der Waals surface area contributed by atoms with E-state index in [2.05, 4.69) is 201 Å². The van der Waals surface area contributed by atoms with Crippen LogP contribution in [0.4, 0.5) is 0 Å². The molecule has 0 aliphatic carbocycles. The van der Waals surface area contributed by atoms with Crippen molar-refractivity contribution in [1.82, 2.24) is 0 Å². The van der Waals surface area contributed by atoms with Crippen LogP contribution in [-0.2, 0) is 17.3 Å². The molecule has 4 aromatic carbocycles. The molecule has 4 aromatic rings. The van der Waals surface area contributed by atoms with Gasteiger partial charge < -0.3 is 0 Å². The minimum atomic E-state index is -0.324. The Bertz CT molecular complexity index is 1750. The molecular weight excluding hydrogens is 681 g/mol. The summed E-state index contributed by atoms with van der Waals surface area (Å²) in [7, 11) is 0. The highest BCUT2D eigenvalue weighted by molar-refractivity contribution is 7.80. The van der Waals surface area contributed by atoms with Crippen molar-refractivity contribution in [2.24, 2.45) is 11.3 Å². The van der Waals surface area contributed by atoms with Gasteiger partial charge in [-0.2, -0.15) is 0 Å². The first-order valence-electron chi connectivity index (χ1n) is 20.8. The van der Waals surface area contributed by atoms with Crippen LogP contribution in [0.2, 0.25) is 0 Å². The Kier molecular flexibility index (Phi) is 20.6. The Morgan fingerprint density at radius 3 is 1.62 bits per heavy atom. The summed E-state index contributed by atoms with van der Waals surface area (Å²) in [5.41, 5.74) is 14.1. The van der Waals surface area contributed by atoms with Crippen LogP contribution in [0.5, 0.6) is 0 Å². The summed E-state index contributed by atoms with van der Waals surface area (Å²) in [6.45, 7) is 43.0. The maximum absolute atomic E-state index is 6.33. The van der Waals surface area contributed by atoms with E-state index in [9.17, 15) is 0 Å². The first-order valence-corrected chi connectivity index (χ1v) is 21.2. The zero-order valence-corrected chi connectivity index (χ0v) is 38.9. The van der Waals surface area contributed by atoms with Gasteiger partial charge in [-0.3, -0.25) is 0 Å². The Morgan fingerprint density at radius 2 is 1.20 bits per heavy atom. The molecule has 0 bridgehead atoms. The van der Waals surface area contributed by atoms with Gasteiger partial charge in [-0.15, -0.1) is 6.58 Å². The standard InChI is InChI=1S/C38H42S.C7H16.C7H14.C2H6/c1-26(2)31-16-18-33(19-17-31)38(24-30-12-10-9-11-13-30,34-21-27(3)20-28(4)22-34)25-36(39)32-15-14-29(5)35(23-32)37(6,7)8;1-6(2)7(3,4)5;1-4-5-6-7(2)3;1-2/h9-23H,1,24-25H2,2-8H3;6H,1-5H3;2,4-6H2,1,3H3;1-2H3. The van der Waals surface area contributed by atoms with Gasteiger partial charge >= 0.3 is 0 Å². The van der Waals surface area contributed by atoms with Crippen molar-refractivity contribution < 1.29 is 0 Å². The number of benzene rings is 4.